The molecule has 1 atom stereocenters. The van der Waals surface area contributed by atoms with E-state index in [0.717, 1.165) is 38.4 Å². The largest absolute Gasteiger partial charge is 0.357 e. The lowest BCUT2D eigenvalue weighted by Crippen LogP contribution is -2.51. The van der Waals surface area contributed by atoms with Crippen LogP contribution in [0, 0.1) is 5.41 Å². The maximum absolute atomic E-state index is 11.6. The minimum Gasteiger partial charge on any atom is -0.357 e. The normalized spacial score (nSPS) is 19.0. The van der Waals surface area contributed by atoms with E-state index in [4.69, 9.17) is 4.99 Å². The highest BCUT2D eigenvalue weighted by Crippen LogP contribution is 2.22. The van der Waals surface area contributed by atoms with Gasteiger partial charge in [-0.25, -0.2) is 0 Å². The predicted molar refractivity (Wildman–Crippen MR) is 104 cm³/mol. The van der Waals surface area contributed by atoms with Crippen LogP contribution < -0.4 is 10.6 Å². The number of nitrogens with one attached hydrogen (secondary N) is 2. The molecular formula is C20H32N4O. The first-order valence-electron chi connectivity index (χ1n) is 9.22. The summed E-state index contributed by atoms with van der Waals surface area (Å²) in [5, 5.41) is 6.82. The zero-order valence-corrected chi connectivity index (χ0v) is 16.0. The lowest BCUT2D eigenvalue weighted by atomic mass is 9.86. The van der Waals surface area contributed by atoms with E-state index in [9.17, 15) is 4.79 Å². The van der Waals surface area contributed by atoms with Gasteiger partial charge in [0.05, 0.1) is 0 Å². The average Bonchev–Trinajstić information content (AvgIpc) is 2.57. The number of carbonyl (C=O) groups excluding carboxylic acids is 1. The molecule has 1 aromatic rings. The van der Waals surface area contributed by atoms with Crippen molar-refractivity contribution in [3.8, 4) is 0 Å². The van der Waals surface area contributed by atoms with Gasteiger partial charge >= 0.3 is 0 Å². The van der Waals surface area contributed by atoms with Crippen molar-refractivity contribution in [1.82, 2.24) is 15.5 Å². The molecule has 0 aliphatic carbocycles. The SMILES string of the molecule is CCNC(=NCC(C)(C)Cc1ccccc1)NC1CCC(=O)N(C)C1. The smallest absolute Gasteiger partial charge is 0.222 e. The van der Waals surface area contributed by atoms with Crippen LogP contribution in [0.4, 0.5) is 0 Å². The van der Waals surface area contributed by atoms with Crippen molar-refractivity contribution in [2.75, 3.05) is 26.7 Å². The third kappa shape index (κ3) is 6.40. The van der Waals surface area contributed by atoms with E-state index in [1.807, 2.05) is 13.1 Å². The van der Waals surface area contributed by atoms with Gasteiger partial charge in [-0.3, -0.25) is 9.79 Å². The number of rotatable bonds is 6. The molecule has 1 saturated heterocycles. The lowest BCUT2D eigenvalue weighted by molar-refractivity contribution is -0.132. The molecule has 1 aliphatic rings. The summed E-state index contributed by atoms with van der Waals surface area (Å²) in [7, 11) is 1.86. The highest BCUT2D eigenvalue weighted by molar-refractivity contribution is 5.81. The Bertz CT molecular complexity index is 583. The molecule has 0 aromatic heterocycles. The number of hydrogen-bond acceptors (Lipinski definition) is 2. The predicted octanol–water partition coefficient (Wildman–Crippen LogP) is 2.43. The highest BCUT2D eigenvalue weighted by Gasteiger charge is 2.24. The first-order chi connectivity index (χ1) is 11.9. The molecule has 1 aliphatic heterocycles. The topological polar surface area (TPSA) is 56.7 Å². The summed E-state index contributed by atoms with van der Waals surface area (Å²) in [4.78, 5) is 18.2. The van der Waals surface area contributed by atoms with E-state index in [0.29, 0.717) is 6.42 Å². The van der Waals surface area contributed by atoms with Crippen molar-refractivity contribution < 1.29 is 4.79 Å². The van der Waals surface area contributed by atoms with Crippen LogP contribution in [0.2, 0.25) is 0 Å². The molecule has 0 saturated carbocycles. The number of aliphatic imine (C=N–C) groups is 1. The minimum absolute atomic E-state index is 0.0863. The summed E-state index contributed by atoms with van der Waals surface area (Å²) in [5.74, 6) is 1.07. The molecular weight excluding hydrogens is 312 g/mol. The number of likely N-dealkylation sites (N-methyl/N-ethyl adjacent to an activating group) is 1. The van der Waals surface area contributed by atoms with E-state index in [1.165, 1.54) is 5.56 Å². The van der Waals surface area contributed by atoms with E-state index >= 15 is 0 Å². The molecule has 25 heavy (non-hydrogen) atoms. The number of benzene rings is 1. The molecule has 138 valence electrons. The van der Waals surface area contributed by atoms with Gasteiger partial charge in [0.2, 0.25) is 5.91 Å². The number of carbonyl (C=O) groups is 1. The number of guanidine groups is 1. The van der Waals surface area contributed by atoms with Gasteiger partial charge in [-0.15, -0.1) is 0 Å². The van der Waals surface area contributed by atoms with Crippen molar-refractivity contribution in [2.45, 2.75) is 46.1 Å². The monoisotopic (exact) mass is 344 g/mol. The average molecular weight is 345 g/mol. The van der Waals surface area contributed by atoms with Gasteiger partial charge in [-0.1, -0.05) is 44.2 Å². The second-order valence-corrected chi connectivity index (χ2v) is 7.68. The molecule has 0 bridgehead atoms. The van der Waals surface area contributed by atoms with E-state index < -0.39 is 0 Å². The summed E-state index contributed by atoms with van der Waals surface area (Å²) in [5.41, 5.74) is 1.43. The molecule has 1 unspecified atom stereocenters. The Hall–Kier alpha value is -2.04. The van der Waals surface area contributed by atoms with Crippen LogP contribution in [-0.2, 0) is 11.2 Å². The van der Waals surface area contributed by atoms with Gasteiger partial charge in [0.25, 0.3) is 0 Å². The second kappa shape index (κ2) is 8.88. The molecule has 2 N–H and O–H groups in total. The quantitative estimate of drug-likeness (QED) is 0.615. The van der Waals surface area contributed by atoms with Gasteiger partial charge < -0.3 is 15.5 Å². The molecule has 1 amide bonds. The summed E-state index contributed by atoms with van der Waals surface area (Å²) in [6, 6.07) is 10.8. The zero-order chi connectivity index (χ0) is 18.3. The van der Waals surface area contributed by atoms with Crippen molar-refractivity contribution >= 4 is 11.9 Å². The fourth-order valence-corrected chi connectivity index (χ4v) is 3.14. The van der Waals surface area contributed by atoms with Gasteiger partial charge in [-0.05, 0) is 30.7 Å². The Kier molecular flexibility index (Phi) is 6.85. The number of likely N-dealkylation sites (tertiary alicyclic amines) is 1. The van der Waals surface area contributed by atoms with E-state index in [2.05, 4.69) is 55.7 Å². The number of piperidine rings is 1. The van der Waals surface area contributed by atoms with Crippen molar-refractivity contribution in [3.63, 3.8) is 0 Å². The second-order valence-electron chi connectivity index (χ2n) is 7.68. The molecule has 1 fully saturated rings. The van der Waals surface area contributed by atoms with Gasteiger partial charge in [-0.2, -0.15) is 0 Å². The third-order valence-electron chi connectivity index (χ3n) is 4.50. The maximum atomic E-state index is 11.6. The molecule has 5 nitrogen and oxygen atoms in total. The Balaban J connectivity index is 1.95. The fraction of sp³-hybridized carbons (Fsp3) is 0.600. The van der Waals surface area contributed by atoms with Crippen LogP contribution in [-0.4, -0.2) is 49.5 Å². The first-order valence-corrected chi connectivity index (χ1v) is 9.22. The number of amides is 1. The number of hydrogen-bond donors (Lipinski definition) is 2. The minimum atomic E-state index is 0.0863. The Morgan fingerprint density at radius 2 is 2.04 bits per heavy atom. The maximum Gasteiger partial charge on any atom is 0.222 e. The lowest BCUT2D eigenvalue weighted by Gasteiger charge is -2.31. The molecule has 1 aromatic carbocycles. The number of nitrogens with zero attached hydrogens (tertiary/aromatic N) is 2. The van der Waals surface area contributed by atoms with Gasteiger partial charge in [0.1, 0.15) is 0 Å². The molecule has 1 heterocycles. The fourth-order valence-electron chi connectivity index (χ4n) is 3.14. The summed E-state index contributed by atoms with van der Waals surface area (Å²) < 4.78 is 0. The van der Waals surface area contributed by atoms with Crippen LogP contribution in [0.15, 0.2) is 35.3 Å². The van der Waals surface area contributed by atoms with Crippen LogP contribution in [0.25, 0.3) is 0 Å². The Morgan fingerprint density at radius 3 is 2.68 bits per heavy atom. The zero-order valence-electron chi connectivity index (χ0n) is 16.0. The van der Waals surface area contributed by atoms with Crippen LogP contribution in [0.5, 0.6) is 0 Å². The van der Waals surface area contributed by atoms with Crippen LogP contribution in [0.3, 0.4) is 0 Å². The van der Waals surface area contributed by atoms with Crippen molar-refractivity contribution in [1.29, 1.82) is 0 Å². The molecule has 0 spiro atoms. The van der Waals surface area contributed by atoms with Crippen molar-refractivity contribution in [3.05, 3.63) is 35.9 Å². The van der Waals surface area contributed by atoms with E-state index in [1.54, 1.807) is 4.90 Å². The summed E-state index contributed by atoms with van der Waals surface area (Å²) >= 11 is 0. The van der Waals surface area contributed by atoms with Gasteiger partial charge in [0.15, 0.2) is 5.96 Å². The molecule has 5 heteroatoms. The summed E-state index contributed by atoms with van der Waals surface area (Å²) in [6.45, 7) is 8.88. The Labute approximate surface area is 151 Å². The first kappa shape index (κ1) is 19.3. The standard InChI is InChI=1S/C20H32N4O/c1-5-21-19(23-17-11-12-18(25)24(4)14-17)22-15-20(2,3)13-16-9-7-6-8-10-16/h6-10,17H,5,11-15H2,1-4H3,(H2,21,22,23). The third-order valence-corrected chi connectivity index (χ3v) is 4.50. The molecule has 0 radical (unpaired) electrons. The highest BCUT2D eigenvalue weighted by atomic mass is 16.2. The summed E-state index contributed by atoms with van der Waals surface area (Å²) in [6.07, 6.45) is 2.46. The Morgan fingerprint density at radius 1 is 1.32 bits per heavy atom. The van der Waals surface area contributed by atoms with Gasteiger partial charge in [0, 0.05) is 39.1 Å². The van der Waals surface area contributed by atoms with Crippen LogP contribution in [0.1, 0.15) is 39.2 Å². The van der Waals surface area contributed by atoms with E-state index in [-0.39, 0.29) is 17.4 Å². The molecule has 2 rings (SSSR count). The van der Waals surface area contributed by atoms with Crippen LogP contribution >= 0.6 is 0 Å². The van der Waals surface area contributed by atoms with Crippen molar-refractivity contribution in [2.24, 2.45) is 10.4 Å².